The number of rotatable bonds is 14. The standard InChI is InChI=1S/C25H31FN4.C6H8O7/c1-21-16-23(8-9-25(21)30-13-2-3-14-30)19-29(12-5-11-28-15-10-27-20-28)18-22-6-4-7-24(26)17-22;7-3(8)1-6(13,5(11)12)2-4(9)10/h4,6-10,15-17,20H,2-3,5,11-14,18-19H2,1H3;13H,1-2H2,(H,7,8)(H,9,10)(H,11,12). The normalized spacial score (nSPS) is 13.1. The van der Waals surface area contributed by atoms with Gasteiger partial charge in [0.25, 0.3) is 0 Å². The smallest absolute Gasteiger partial charge is 0.336 e. The average Bonchev–Trinajstić information content (AvgIpc) is 3.63. The number of aromatic nitrogens is 2. The lowest BCUT2D eigenvalue weighted by molar-refractivity contribution is -0.170. The largest absolute Gasteiger partial charge is 0.481 e. The molecule has 1 aromatic heterocycles. The van der Waals surface area contributed by atoms with E-state index in [1.54, 1.807) is 12.1 Å². The molecule has 0 aliphatic carbocycles. The molecule has 0 atom stereocenters. The van der Waals surface area contributed by atoms with E-state index in [2.05, 4.69) is 44.5 Å². The maximum absolute atomic E-state index is 13.7. The molecule has 1 aliphatic heterocycles. The number of aryl methyl sites for hydroxylation is 2. The van der Waals surface area contributed by atoms with E-state index in [9.17, 15) is 18.8 Å². The Hall–Kier alpha value is -4.29. The number of nitrogens with zero attached hydrogens (tertiary/aromatic N) is 4. The Kier molecular flexibility index (Phi) is 12.2. The van der Waals surface area contributed by atoms with Crippen LogP contribution in [0.25, 0.3) is 0 Å². The molecule has 4 rings (SSSR count). The molecule has 0 amide bonds. The number of aliphatic carboxylic acids is 3. The third-order valence-electron chi connectivity index (χ3n) is 7.14. The summed E-state index contributed by atoms with van der Waals surface area (Å²) in [4.78, 5) is 39.5. The Morgan fingerprint density at radius 2 is 1.63 bits per heavy atom. The zero-order chi connectivity index (χ0) is 31.4. The van der Waals surface area contributed by atoms with E-state index in [-0.39, 0.29) is 5.82 Å². The van der Waals surface area contributed by atoms with Crippen molar-refractivity contribution in [2.45, 2.75) is 64.3 Å². The Morgan fingerprint density at radius 1 is 0.977 bits per heavy atom. The maximum Gasteiger partial charge on any atom is 0.336 e. The van der Waals surface area contributed by atoms with Crippen LogP contribution < -0.4 is 4.90 Å². The summed E-state index contributed by atoms with van der Waals surface area (Å²) in [5, 5.41) is 33.8. The molecule has 232 valence electrons. The number of carboxylic acids is 3. The summed E-state index contributed by atoms with van der Waals surface area (Å²) in [6.07, 6.45) is 6.99. The van der Waals surface area contributed by atoms with Crippen LogP contribution in [0.5, 0.6) is 0 Å². The van der Waals surface area contributed by atoms with Crippen LogP contribution in [0, 0.1) is 12.7 Å². The van der Waals surface area contributed by atoms with Gasteiger partial charge in [-0.25, -0.2) is 14.2 Å². The highest BCUT2D eigenvalue weighted by Crippen LogP contribution is 2.26. The Labute approximate surface area is 249 Å². The molecule has 0 spiro atoms. The fourth-order valence-electron chi connectivity index (χ4n) is 5.10. The second-order valence-electron chi connectivity index (χ2n) is 10.8. The molecule has 1 aliphatic rings. The van der Waals surface area contributed by atoms with Crippen LogP contribution in [-0.2, 0) is 34.0 Å². The van der Waals surface area contributed by atoms with E-state index in [1.165, 1.54) is 48.8 Å². The first-order chi connectivity index (χ1) is 20.4. The molecular formula is C31H39FN4O7. The van der Waals surface area contributed by atoms with Gasteiger partial charge in [-0.15, -0.1) is 0 Å². The summed E-state index contributed by atoms with van der Waals surface area (Å²) in [7, 11) is 0. The van der Waals surface area contributed by atoms with Crippen molar-refractivity contribution in [3.05, 3.63) is 83.7 Å². The van der Waals surface area contributed by atoms with E-state index < -0.39 is 36.4 Å². The molecule has 0 saturated carbocycles. The molecule has 3 aromatic rings. The molecule has 0 unspecified atom stereocenters. The second-order valence-corrected chi connectivity index (χ2v) is 10.8. The van der Waals surface area contributed by atoms with Gasteiger partial charge in [0.2, 0.25) is 0 Å². The van der Waals surface area contributed by atoms with Crippen LogP contribution in [0.3, 0.4) is 0 Å². The summed E-state index contributed by atoms with van der Waals surface area (Å²) in [6, 6.07) is 13.8. The van der Waals surface area contributed by atoms with Crippen LogP contribution in [0.4, 0.5) is 10.1 Å². The van der Waals surface area contributed by atoms with E-state index in [0.717, 1.165) is 38.2 Å². The van der Waals surface area contributed by atoms with Gasteiger partial charge in [-0.2, -0.15) is 0 Å². The van der Waals surface area contributed by atoms with Crippen molar-refractivity contribution < 1.29 is 39.2 Å². The van der Waals surface area contributed by atoms with Crippen LogP contribution in [0.2, 0.25) is 0 Å². The SMILES string of the molecule is Cc1cc(CN(CCCn2ccnc2)Cc2cccc(F)c2)ccc1N1CCCC1.O=C(O)CC(O)(CC(=O)O)C(=O)O. The molecule has 2 heterocycles. The second kappa shape index (κ2) is 15.8. The minimum Gasteiger partial charge on any atom is -0.481 e. The van der Waals surface area contributed by atoms with E-state index in [4.69, 9.17) is 20.4 Å². The Bertz CT molecular complexity index is 1340. The molecule has 0 radical (unpaired) electrons. The van der Waals surface area contributed by atoms with E-state index in [0.29, 0.717) is 0 Å². The van der Waals surface area contributed by atoms with Gasteiger partial charge in [0.15, 0.2) is 5.60 Å². The number of carboxylic acid groups (broad SMARTS) is 3. The highest BCUT2D eigenvalue weighted by atomic mass is 19.1. The van der Waals surface area contributed by atoms with Crippen molar-refractivity contribution in [1.29, 1.82) is 0 Å². The van der Waals surface area contributed by atoms with Crippen LogP contribution >= 0.6 is 0 Å². The zero-order valence-corrected chi connectivity index (χ0v) is 24.2. The summed E-state index contributed by atoms with van der Waals surface area (Å²) in [6.45, 7) is 8.04. The van der Waals surface area contributed by atoms with Gasteiger partial charge in [0.1, 0.15) is 5.82 Å². The Balaban J connectivity index is 0.000000331. The first-order valence-electron chi connectivity index (χ1n) is 14.1. The number of carbonyl (C=O) groups is 3. The molecule has 1 fully saturated rings. The molecule has 4 N–H and O–H groups in total. The fraction of sp³-hybridized carbons (Fsp3) is 0.419. The van der Waals surface area contributed by atoms with E-state index in [1.807, 2.05) is 24.8 Å². The van der Waals surface area contributed by atoms with Gasteiger partial charge in [0.05, 0.1) is 19.2 Å². The monoisotopic (exact) mass is 598 g/mol. The molecule has 1 saturated heterocycles. The van der Waals surface area contributed by atoms with Gasteiger partial charge >= 0.3 is 17.9 Å². The summed E-state index contributed by atoms with van der Waals surface area (Å²) in [5.74, 6) is -5.19. The lowest BCUT2D eigenvalue weighted by Crippen LogP contribution is -2.42. The van der Waals surface area contributed by atoms with Crippen LogP contribution in [-0.4, -0.2) is 78.0 Å². The highest BCUT2D eigenvalue weighted by Gasteiger charge is 2.40. The molecule has 12 heteroatoms. The van der Waals surface area contributed by atoms with Crippen molar-refractivity contribution in [2.24, 2.45) is 0 Å². The lowest BCUT2D eigenvalue weighted by atomic mass is 9.96. The summed E-state index contributed by atoms with van der Waals surface area (Å²) >= 11 is 0. The quantitative estimate of drug-likeness (QED) is 0.215. The predicted molar refractivity (Wildman–Crippen MR) is 157 cm³/mol. The van der Waals surface area contributed by atoms with Gasteiger partial charge in [-0.05, 0) is 61.1 Å². The maximum atomic E-state index is 13.7. The topological polar surface area (TPSA) is 156 Å². The molecular weight excluding hydrogens is 559 g/mol. The van der Waals surface area contributed by atoms with Gasteiger partial charge < -0.3 is 29.9 Å². The van der Waals surface area contributed by atoms with Crippen molar-refractivity contribution in [3.63, 3.8) is 0 Å². The number of halogens is 1. The number of aliphatic hydroxyl groups is 1. The molecule has 0 bridgehead atoms. The van der Waals surface area contributed by atoms with Crippen molar-refractivity contribution in [3.8, 4) is 0 Å². The lowest BCUT2D eigenvalue weighted by Gasteiger charge is -2.25. The average molecular weight is 599 g/mol. The van der Waals surface area contributed by atoms with Crippen molar-refractivity contribution >= 4 is 23.6 Å². The predicted octanol–water partition coefficient (Wildman–Crippen LogP) is 3.77. The van der Waals surface area contributed by atoms with Crippen molar-refractivity contribution in [2.75, 3.05) is 24.5 Å². The number of anilines is 1. The minimum absolute atomic E-state index is 0.170. The summed E-state index contributed by atoms with van der Waals surface area (Å²) in [5.41, 5.74) is 2.31. The molecule has 2 aromatic carbocycles. The van der Waals surface area contributed by atoms with Gasteiger partial charge in [-0.3, -0.25) is 14.5 Å². The van der Waals surface area contributed by atoms with Crippen LogP contribution in [0.1, 0.15) is 48.8 Å². The fourth-order valence-corrected chi connectivity index (χ4v) is 5.10. The first kappa shape index (κ1) is 33.2. The number of hydrogen-bond donors (Lipinski definition) is 4. The van der Waals surface area contributed by atoms with Crippen molar-refractivity contribution in [1.82, 2.24) is 14.5 Å². The first-order valence-corrected chi connectivity index (χ1v) is 14.1. The number of benzene rings is 2. The van der Waals surface area contributed by atoms with Crippen LogP contribution in [0.15, 0.2) is 61.2 Å². The minimum atomic E-state index is -2.74. The van der Waals surface area contributed by atoms with Gasteiger partial charge in [-0.1, -0.05) is 24.3 Å². The van der Waals surface area contributed by atoms with E-state index >= 15 is 0 Å². The third kappa shape index (κ3) is 10.8. The highest BCUT2D eigenvalue weighted by molar-refractivity contribution is 5.88. The zero-order valence-electron chi connectivity index (χ0n) is 24.2. The molecule has 11 nitrogen and oxygen atoms in total. The number of imidazole rings is 1. The van der Waals surface area contributed by atoms with Gasteiger partial charge in [0, 0.05) is 57.3 Å². The summed E-state index contributed by atoms with van der Waals surface area (Å²) < 4.78 is 15.8. The molecule has 43 heavy (non-hydrogen) atoms. The number of hydrogen-bond acceptors (Lipinski definition) is 7. The third-order valence-corrected chi connectivity index (χ3v) is 7.14. The Morgan fingerprint density at radius 3 is 2.16 bits per heavy atom.